The molecule has 0 saturated carbocycles. The molecule has 0 unspecified atom stereocenters. The molecule has 0 spiro atoms. The van der Waals surface area contributed by atoms with Gasteiger partial charge >= 0.3 is 0 Å². The highest BCUT2D eigenvalue weighted by Gasteiger charge is 2.19. The third-order valence-electron chi connectivity index (χ3n) is 5.10. The lowest BCUT2D eigenvalue weighted by atomic mass is 10.1. The molecule has 2 N–H and O–H groups in total. The fourth-order valence-corrected chi connectivity index (χ4v) is 3.69. The molecule has 4 heteroatoms. The maximum absolute atomic E-state index is 6.10. The lowest BCUT2D eigenvalue weighted by Crippen LogP contribution is -2.33. The summed E-state index contributed by atoms with van der Waals surface area (Å²) >= 11 is 0. The van der Waals surface area contributed by atoms with E-state index in [-0.39, 0.29) is 0 Å². The lowest BCUT2D eigenvalue weighted by Gasteiger charge is -2.06. The van der Waals surface area contributed by atoms with Crippen molar-refractivity contribution >= 4 is 39.7 Å². The van der Waals surface area contributed by atoms with Crippen molar-refractivity contribution in [2.24, 2.45) is 4.99 Å². The van der Waals surface area contributed by atoms with Crippen LogP contribution in [0.15, 0.2) is 96.0 Å². The zero-order valence-corrected chi connectivity index (χ0v) is 20.7. The second-order valence-electron chi connectivity index (χ2n) is 7.38. The Morgan fingerprint density at radius 2 is 1.41 bits per heavy atom. The van der Waals surface area contributed by atoms with E-state index in [1.54, 1.807) is 0 Å². The molecule has 0 aliphatic rings. The van der Waals surface area contributed by atoms with Crippen LogP contribution in [0.3, 0.4) is 0 Å². The fraction of sp³-hybridized carbons (Fsp3) is 0.167. The predicted molar refractivity (Wildman–Crippen MR) is 146 cm³/mol. The van der Waals surface area contributed by atoms with Crippen molar-refractivity contribution in [3.05, 3.63) is 102 Å². The molecule has 0 fully saturated rings. The Morgan fingerprint density at radius 1 is 0.735 bits per heavy atom. The van der Waals surface area contributed by atoms with E-state index in [9.17, 15) is 0 Å². The number of hydrogen-bond donors (Lipinski definition) is 1. The summed E-state index contributed by atoms with van der Waals surface area (Å²) in [6, 6.07) is 30.5. The Kier molecular flexibility index (Phi) is 8.47. The summed E-state index contributed by atoms with van der Waals surface area (Å²) in [4.78, 5) is 9.56. The van der Waals surface area contributed by atoms with Crippen molar-refractivity contribution in [3.8, 4) is 5.69 Å². The van der Waals surface area contributed by atoms with Crippen LogP contribution in [0.4, 0.5) is 11.4 Å². The Bertz CT molecular complexity index is 1410. The van der Waals surface area contributed by atoms with Crippen molar-refractivity contribution < 1.29 is 4.57 Å². The normalized spacial score (nSPS) is 10.5. The third kappa shape index (κ3) is 5.46. The number of fused-ring (bicyclic) bond motifs is 2. The first-order valence-corrected chi connectivity index (χ1v) is 11.9. The summed E-state index contributed by atoms with van der Waals surface area (Å²) in [7, 11) is 0. The van der Waals surface area contributed by atoms with Gasteiger partial charge in [-0.2, -0.15) is 0 Å². The largest absolute Gasteiger partial charge is 0.399 e. The average Bonchev–Trinajstić information content (AvgIpc) is 2.89. The number of aryl methyl sites for hydroxylation is 1. The van der Waals surface area contributed by atoms with E-state index in [2.05, 4.69) is 47.9 Å². The summed E-state index contributed by atoms with van der Waals surface area (Å²) in [5, 5.41) is 0. The van der Waals surface area contributed by atoms with Gasteiger partial charge < -0.3 is 5.73 Å². The van der Waals surface area contributed by atoms with Crippen LogP contribution in [0.25, 0.3) is 27.8 Å². The van der Waals surface area contributed by atoms with Crippen LogP contribution in [0, 0.1) is 6.92 Å². The number of aromatic nitrogens is 2. The number of rotatable bonds is 3. The maximum atomic E-state index is 6.10. The van der Waals surface area contributed by atoms with E-state index >= 15 is 0 Å². The van der Waals surface area contributed by atoms with Crippen molar-refractivity contribution in [2.75, 3.05) is 5.73 Å². The van der Waals surface area contributed by atoms with Gasteiger partial charge in [0.05, 0.1) is 5.69 Å². The van der Waals surface area contributed by atoms with Gasteiger partial charge in [0.15, 0.2) is 0 Å². The standard InChI is InChI=1S/C26H20N4.2C2H6/c1-18-6-5-7-19(14-18)17-28-21-11-13-24-26(16-21)30(22-8-3-2-4-9-22)25-15-20(27)10-12-23(25)29-24;2*1-2/h2-17,27H,1H3;2*1-2H3/p+1. The van der Waals surface area contributed by atoms with Gasteiger partial charge in [0.1, 0.15) is 11.0 Å². The Hall–Kier alpha value is -4.05. The van der Waals surface area contributed by atoms with E-state index in [1.165, 1.54) is 5.56 Å². The summed E-state index contributed by atoms with van der Waals surface area (Å²) in [5.41, 5.74) is 14.8. The number of nitrogens with two attached hydrogens (primary N) is 1. The average molecular weight is 450 g/mol. The Labute approximate surface area is 202 Å². The highest BCUT2D eigenvalue weighted by Crippen LogP contribution is 2.23. The Morgan fingerprint density at radius 3 is 2.12 bits per heavy atom. The smallest absolute Gasteiger partial charge is 0.239 e. The van der Waals surface area contributed by atoms with Gasteiger partial charge in [0.25, 0.3) is 0 Å². The maximum Gasteiger partial charge on any atom is 0.239 e. The minimum Gasteiger partial charge on any atom is -0.399 e. The predicted octanol–water partition coefficient (Wildman–Crippen LogP) is 7.36. The summed E-state index contributed by atoms with van der Waals surface area (Å²) < 4.78 is 2.19. The van der Waals surface area contributed by atoms with Crippen molar-refractivity contribution in [2.45, 2.75) is 34.6 Å². The minimum absolute atomic E-state index is 0.710. The minimum atomic E-state index is 0.710. The SMILES string of the molecule is CC.CC.Cc1cccc(C=Nc2ccc3nc4ccc(N)cc4[n+](-c4ccccc4)c3c2)c1. The monoisotopic (exact) mass is 449 g/mol. The first-order valence-electron chi connectivity index (χ1n) is 11.9. The molecule has 4 nitrogen and oxygen atoms in total. The molecule has 0 aliphatic carbocycles. The molecule has 172 valence electrons. The molecular weight excluding hydrogens is 416 g/mol. The molecule has 5 aromatic rings. The molecule has 5 rings (SSSR count). The lowest BCUT2D eigenvalue weighted by molar-refractivity contribution is -0.538. The van der Waals surface area contributed by atoms with Crippen LogP contribution < -0.4 is 10.3 Å². The van der Waals surface area contributed by atoms with E-state index in [1.807, 2.05) is 88.5 Å². The molecule has 1 aromatic heterocycles. The van der Waals surface area contributed by atoms with Gasteiger partial charge in [-0.1, -0.05) is 75.7 Å². The van der Waals surface area contributed by atoms with Gasteiger partial charge in [-0.25, -0.2) is 4.98 Å². The van der Waals surface area contributed by atoms with Gasteiger partial charge in [-0.05, 0) is 36.8 Å². The summed E-state index contributed by atoms with van der Waals surface area (Å²) in [5.74, 6) is 0. The highest BCUT2D eigenvalue weighted by molar-refractivity contribution is 5.87. The molecule has 1 heterocycles. The highest BCUT2D eigenvalue weighted by atomic mass is 15.0. The van der Waals surface area contributed by atoms with Gasteiger partial charge in [0, 0.05) is 36.2 Å². The van der Waals surface area contributed by atoms with Gasteiger partial charge in [0.2, 0.25) is 16.7 Å². The van der Waals surface area contributed by atoms with Crippen LogP contribution in [-0.2, 0) is 0 Å². The van der Waals surface area contributed by atoms with Crippen LogP contribution in [0.2, 0.25) is 0 Å². The number of para-hydroxylation sites is 1. The quantitative estimate of drug-likeness (QED) is 0.135. The zero-order chi connectivity index (χ0) is 24.5. The van der Waals surface area contributed by atoms with E-state index < -0.39 is 0 Å². The molecule has 0 aliphatic heterocycles. The fourth-order valence-electron chi connectivity index (χ4n) is 3.69. The van der Waals surface area contributed by atoms with E-state index in [0.29, 0.717) is 5.69 Å². The van der Waals surface area contributed by atoms with Gasteiger partial charge in [-0.15, -0.1) is 4.57 Å². The van der Waals surface area contributed by atoms with E-state index in [4.69, 9.17) is 15.7 Å². The van der Waals surface area contributed by atoms with Crippen molar-refractivity contribution in [3.63, 3.8) is 0 Å². The summed E-state index contributed by atoms with van der Waals surface area (Å²) in [6.45, 7) is 10.1. The van der Waals surface area contributed by atoms with Crippen LogP contribution in [0.5, 0.6) is 0 Å². The number of hydrogen-bond acceptors (Lipinski definition) is 3. The van der Waals surface area contributed by atoms with Crippen LogP contribution in [0.1, 0.15) is 38.8 Å². The summed E-state index contributed by atoms with van der Waals surface area (Å²) in [6.07, 6.45) is 1.90. The Balaban J connectivity index is 0.000000771. The number of nitrogen functional groups attached to an aromatic ring is 1. The molecule has 0 saturated heterocycles. The number of anilines is 1. The van der Waals surface area contributed by atoms with Crippen LogP contribution in [-0.4, -0.2) is 11.2 Å². The topological polar surface area (TPSA) is 55.1 Å². The number of benzene rings is 4. The molecule has 4 aromatic carbocycles. The molecule has 0 radical (unpaired) electrons. The first-order chi connectivity index (χ1) is 16.7. The molecular formula is C30H33N4+. The third-order valence-corrected chi connectivity index (χ3v) is 5.10. The van der Waals surface area contributed by atoms with Crippen molar-refractivity contribution in [1.29, 1.82) is 0 Å². The zero-order valence-electron chi connectivity index (χ0n) is 20.7. The molecule has 0 bridgehead atoms. The number of nitrogens with zero attached hydrogens (tertiary/aromatic N) is 3. The second-order valence-corrected chi connectivity index (χ2v) is 7.38. The first kappa shape index (κ1) is 24.6. The van der Waals surface area contributed by atoms with E-state index in [0.717, 1.165) is 39.0 Å². The molecule has 0 atom stereocenters. The second kappa shape index (κ2) is 11.7. The van der Waals surface area contributed by atoms with Crippen LogP contribution >= 0.6 is 0 Å². The molecule has 34 heavy (non-hydrogen) atoms. The molecule has 0 amide bonds. The number of aliphatic imine (C=N–C) groups is 1. The van der Waals surface area contributed by atoms with Gasteiger partial charge in [-0.3, -0.25) is 4.99 Å². The van der Waals surface area contributed by atoms with Crippen molar-refractivity contribution in [1.82, 2.24) is 4.98 Å².